The second kappa shape index (κ2) is 9.75. The third-order valence-corrected chi connectivity index (χ3v) is 6.73. The van der Waals surface area contributed by atoms with Crippen molar-refractivity contribution >= 4 is 33.9 Å². The quantitative estimate of drug-likeness (QED) is 0.219. The second-order valence-corrected chi connectivity index (χ2v) is 9.65. The third-order valence-electron chi connectivity index (χ3n) is 5.90. The summed E-state index contributed by atoms with van der Waals surface area (Å²) in [5, 5.41) is 20.3. The Hall–Kier alpha value is -4.30. The predicted octanol–water partition coefficient (Wildman–Crippen LogP) is 5.36. The van der Waals surface area contributed by atoms with Crippen molar-refractivity contribution in [3.63, 3.8) is 0 Å². The normalized spacial score (nSPS) is 16.9. The monoisotopic (exact) mass is 497 g/mol. The summed E-state index contributed by atoms with van der Waals surface area (Å²) in [6, 6.07) is 23.2. The highest BCUT2D eigenvalue weighted by Crippen LogP contribution is 2.42. The van der Waals surface area contributed by atoms with Crippen LogP contribution in [0.4, 0.5) is 5.13 Å². The van der Waals surface area contributed by atoms with Crippen LogP contribution >= 0.6 is 11.3 Å². The number of nitrogens with zero attached hydrogens (tertiary/aromatic N) is 3. The molecule has 1 aromatic heterocycles. The minimum absolute atomic E-state index is 0.00693. The van der Waals surface area contributed by atoms with E-state index >= 15 is 0 Å². The molecule has 180 valence electrons. The van der Waals surface area contributed by atoms with Gasteiger partial charge in [0.05, 0.1) is 11.6 Å². The molecule has 0 radical (unpaired) electrons. The molecule has 0 bridgehead atoms. The lowest BCUT2D eigenvalue weighted by molar-refractivity contribution is -0.132. The summed E-state index contributed by atoms with van der Waals surface area (Å²) in [5.74, 6) is -1.15. The summed E-state index contributed by atoms with van der Waals surface area (Å²) < 4.78 is 5.87. The zero-order valence-corrected chi connectivity index (χ0v) is 20.5. The number of anilines is 1. The van der Waals surface area contributed by atoms with Gasteiger partial charge in [-0.15, -0.1) is 10.2 Å². The van der Waals surface area contributed by atoms with E-state index in [-0.39, 0.29) is 11.3 Å². The molecule has 0 saturated carbocycles. The van der Waals surface area contributed by atoms with Crippen LogP contribution in [-0.2, 0) is 16.2 Å². The van der Waals surface area contributed by atoms with E-state index in [1.165, 1.54) is 16.2 Å². The van der Waals surface area contributed by atoms with E-state index in [1.807, 2.05) is 55.5 Å². The van der Waals surface area contributed by atoms with Gasteiger partial charge in [0.2, 0.25) is 5.13 Å². The van der Waals surface area contributed by atoms with Crippen LogP contribution in [0.2, 0.25) is 0 Å². The Balaban J connectivity index is 1.48. The van der Waals surface area contributed by atoms with Crippen molar-refractivity contribution in [3.8, 4) is 5.75 Å². The predicted molar refractivity (Wildman–Crippen MR) is 138 cm³/mol. The third kappa shape index (κ3) is 4.50. The molecule has 1 N–H and O–H groups in total. The molecule has 1 saturated heterocycles. The van der Waals surface area contributed by atoms with Crippen LogP contribution in [0.15, 0.2) is 84.4 Å². The summed E-state index contributed by atoms with van der Waals surface area (Å²) in [4.78, 5) is 27.6. The minimum atomic E-state index is -0.823. The number of benzene rings is 3. The summed E-state index contributed by atoms with van der Waals surface area (Å²) in [5.41, 5.74) is 3.31. The highest BCUT2D eigenvalue weighted by atomic mass is 32.1. The number of hydrogen-bond acceptors (Lipinski definition) is 7. The Morgan fingerprint density at radius 3 is 2.39 bits per heavy atom. The maximum Gasteiger partial charge on any atom is 0.301 e. The molecule has 1 fully saturated rings. The molecule has 1 atom stereocenters. The Labute approximate surface area is 212 Å². The van der Waals surface area contributed by atoms with Gasteiger partial charge in [0.15, 0.2) is 0 Å². The van der Waals surface area contributed by atoms with E-state index in [9.17, 15) is 14.7 Å². The summed E-state index contributed by atoms with van der Waals surface area (Å²) in [6.45, 7) is 4.21. The van der Waals surface area contributed by atoms with Gasteiger partial charge in [-0.25, -0.2) is 0 Å². The number of ether oxygens (including phenoxy) is 1. The van der Waals surface area contributed by atoms with Gasteiger partial charge in [-0.2, -0.15) is 0 Å². The number of carbonyl (C=O) groups is 2. The molecule has 1 aliphatic heterocycles. The van der Waals surface area contributed by atoms with Crippen LogP contribution in [0.3, 0.4) is 0 Å². The molecule has 1 amide bonds. The number of aromatic nitrogens is 2. The molecule has 7 nitrogen and oxygen atoms in total. The first kappa shape index (κ1) is 23.4. The number of aliphatic hydroxyl groups excluding tert-OH is 1. The first-order valence-electron chi connectivity index (χ1n) is 11.4. The fourth-order valence-electron chi connectivity index (χ4n) is 4.20. The molecule has 5 rings (SSSR count). The zero-order valence-electron chi connectivity index (χ0n) is 19.7. The fourth-order valence-corrected chi connectivity index (χ4v) is 4.91. The average Bonchev–Trinajstić information content (AvgIpc) is 3.43. The van der Waals surface area contributed by atoms with Gasteiger partial charge in [0.1, 0.15) is 23.1 Å². The van der Waals surface area contributed by atoms with Gasteiger partial charge < -0.3 is 9.84 Å². The minimum Gasteiger partial charge on any atom is -0.507 e. The van der Waals surface area contributed by atoms with Crippen LogP contribution in [0.25, 0.3) is 5.76 Å². The van der Waals surface area contributed by atoms with Gasteiger partial charge in [-0.1, -0.05) is 71.5 Å². The van der Waals surface area contributed by atoms with E-state index in [1.54, 1.807) is 31.2 Å². The van der Waals surface area contributed by atoms with Crippen LogP contribution < -0.4 is 9.64 Å². The maximum atomic E-state index is 13.2. The van der Waals surface area contributed by atoms with E-state index in [0.717, 1.165) is 11.1 Å². The lowest BCUT2D eigenvalue weighted by Gasteiger charge is -2.22. The van der Waals surface area contributed by atoms with Crippen molar-refractivity contribution in [1.82, 2.24) is 10.2 Å². The van der Waals surface area contributed by atoms with E-state index in [2.05, 4.69) is 16.3 Å². The van der Waals surface area contributed by atoms with Crippen molar-refractivity contribution < 1.29 is 19.4 Å². The van der Waals surface area contributed by atoms with E-state index in [0.29, 0.717) is 33.6 Å². The number of amides is 1. The molecule has 0 aliphatic carbocycles. The van der Waals surface area contributed by atoms with Crippen LogP contribution in [-0.4, -0.2) is 27.0 Å². The largest absolute Gasteiger partial charge is 0.507 e. The van der Waals surface area contributed by atoms with Crippen molar-refractivity contribution in [1.29, 1.82) is 0 Å². The van der Waals surface area contributed by atoms with E-state index in [4.69, 9.17) is 4.74 Å². The number of ketones is 1. The summed E-state index contributed by atoms with van der Waals surface area (Å²) in [7, 11) is 0. The lowest BCUT2D eigenvalue weighted by atomic mass is 9.95. The van der Waals surface area contributed by atoms with Crippen LogP contribution in [0.5, 0.6) is 5.75 Å². The van der Waals surface area contributed by atoms with Gasteiger partial charge >= 0.3 is 5.91 Å². The number of carbonyl (C=O) groups excluding carboxylic acids is 2. The highest BCUT2D eigenvalue weighted by Gasteiger charge is 2.48. The fraction of sp³-hybridized carbons (Fsp3) is 0.143. The SMILES string of the molecule is Cc1cccc(COc2ccc(/C(O)=C3\C(=O)C(=O)N(c4nnc(C)s4)C3c3ccccc3)cc2)c1. The van der Waals surface area contributed by atoms with Crippen molar-refractivity contribution in [2.24, 2.45) is 0 Å². The molecule has 1 aliphatic rings. The molecule has 2 heterocycles. The molecule has 36 heavy (non-hydrogen) atoms. The van der Waals surface area contributed by atoms with Gasteiger partial charge in [-0.05, 0) is 49.2 Å². The topological polar surface area (TPSA) is 92.6 Å². The maximum absolute atomic E-state index is 13.2. The average molecular weight is 498 g/mol. The molecule has 0 spiro atoms. The van der Waals surface area contributed by atoms with Gasteiger partial charge in [-0.3, -0.25) is 14.5 Å². The Kier molecular flexibility index (Phi) is 6.35. The molecular weight excluding hydrogens is 474 g/mol. The van der Waals surface area contributed by atoms with Crippen molar-refractivity contribution in [2.75, 3.05) is 4.90 Å². The molecular formula is C28H23N3O4S. The molecule has 4 aromatic rings. The smallest absolute Gasteiger partial charge is 0.301 e. The lowest BCUT2D eigenvalue weighted by Crippen LogP contribution is -2.29. The second-order valence-electron chi connectivity index (χ2n) is 8.49. The molecule has 8 heteroatoms. The number of aryl methyl sites for hydroxylation is 2. The Morgan fingerprint density at radius 2 is 1.72 bits per heavy atom. The number of rotatable bonds is 6. The Morgan fingerprint density at radius 1 is 0.972 bits per heavy atom. The number of hydrogen-bond donors (Lipinski definition) is 1. The molecule has 3 aromatic carbocycles. The van der Waals surface area contributed by atoms with Gasteiger partial charge in [0.25, 0.3) is 5.78 Å². The van der Waals surface area contributed by atoms with Gasteiger partial charge in [0, 0.05) is 5.56 Å². The molecule has 1 unspecified atom stereocenters. The van der Waals surface area contributed by atoms with Crippen molar-refractivity contribution in [3.05, 3.63) is 112 Å². The summed E-state index contributed by atoms with van der Waals surface area (Å²) in [6.07, 6.45) is 0. The first-order valence-corrected chi connectivity index (χ1v) is 12.2. The number of Topliss-reactive ketones (excluding diaryl/α,β-unsaturated/α-hetero) is 1. The van der Waals surface area contributed by atoms with Crippen LogP contribution in [0, 0.1) is 13.8 Å². The Bertz CT molecular complexity index is 1460. The zero-order chi connectivity index (χ0) is 25.2. The number of aliphatic hydroxyl groups is 1. The standard InChI is InChI=1S/C28H23N3O4S/c1-17-7-6-8-19(15-17)16-35-22-13-11-21(12-14-22)25(32)23-24(20-9-4-3-5-10-20)31(27(34)26(23)33)28-30-29-18(2)36-28/h3-15,24,32H,16H2,1-2H3/b25-23+. The first-order chi connectivity index (χ1) is 17.4. The highest BCUT2D eigenvalue weighted by molar-refractivity contribution is 7.15. The van der Waals surface area contributed by atoms with E-state index < -0.39 is 17.7 Å². The van der Waals surface area contributed by atoms with Crippen molar-refractivity contribution in [2.45, 2.75) is 26.5 Å². The van der Waals surface area contributed by atoms with Crippen LogP contribution in [0.1, 0.15) is 33.3 Å². The summed E-state index contributed by atoms with van der Waals surface area (Å²) >= 11 is 1.22.